The molecule has 0 aromatic heterocycles. The lowest BCUT2D eigenvalue weighted by Crippen LogP contribution is -2.45. The minimum absolute atomic E-state index is 0.204. The van der Waals surface area contributed by atoms with Crippen molar-refractivity contribution in [3.63, 3.8) is 0 Å². The highest BCUT2D eigenvalue weighted by atomic mass is 16.5. The number of amides is 1. The van der Waals surface area contributed by atoms with Crippen LogP contribution < -0.4 is 5.32 Å². The number of carbonyl (C=O) groups excluding carboxylic acids is 2. The van der Waals surface area contributed by atoms with Crippen molar-refractivity contribution in [2.75, 3.05) is 7.11 Å². The summed E-state index contributed by atoms with van der Waals surface area (Å²) in [4.78, 5) is 23.5. The molecule has 0 spiro atoms. The molecule has 0 bridgehead atoms. The van der Waals surface area contributed by atoms with Crippen molar-refractivity contribution in [2.24, 2.45) is 5.92 Å². The van der Waals surface area contributed by atoms with Gasteiger partial charge in [-0.25, -0.2) is 4.79 Å². The van der Waals surface area contributed by atoms with Crippen LogP contribution in [-0.2, 0) is 9.53 Å². The van der Waals surface area contributed by atoms with E-state index in [-0.39, 0.29) is 11.8 Å². The first-order valence-corrected chi connectivity index (χ1v) is 5.66. The van der Waals surface area contributed by atoms with Crippen molar-refractivity contribution in [3.8, 4) is 0 Å². The van der Waals surface area contributed by atoms with Gasteiger partial charge in [-0.3, -0.25) is 4.79 Å². The topological polar surface area (TPSA) is 55.4 Å². The number of hydrogen-bond donors (Lipinski definition) is 1. The zero-order chi connectivity index (χ0) is 13.5. The van der Waals surface area contributed by atoms with Crippen LogP contribution in [0.15, 0.2) is 43.0 Å². The lowest BCUT2D eigenvalue weighted by molar-refractivity contribution is -0.143. The Bertz CT molecular complexity index is 428. The largest absolute Gasteiger partial charge is 0.467 e. The molecule has 0 saturated carbocycles. The third-order valence-corrected chi connectivity index (χ3v) is 2.68. The molecule has 2 atom stereocenters. The van der Waals surface area contributed by atoms with Gasteiger partial charge < -0.3 is 10.1 Å². The second-order valence-corrected chi connectivity index (χ2v) is 3.94. The smallest absolute Gasteiger partial charge is 0.328 e. The Balaban J connectivity index is 2.81. The van der Waals surface area contributed by atoms with E-state index in [0.717, 1.165) is 0 Å². The summed E-state index contributed by atoms with van der Waals surface area (Å²) >= 11 is 0. The van der Waals surface area contributed by atoms with Gasteiger partial charge in [0.05, 0.1) is 7.11 Å². The van der Waals surface area contributed by atoms with E-state index < -0.39 is 12.0 Å². The molecule has 0 saturated heterocycles. The lowest BCUT2D eigenvalue weighted by atomic mass is 10.0. The summed E-state index contributed by atoms with van der Waals surface area (Å²) in [6.45, 7) is 5.41. The van der Waals surface area contributed by atoms with Gasteiger partial charge in [0.1, 0.15) is 6.04 Å². The molecular formula is C14H17NO3. The number of benzene rings is 1. The first kappa shape index (κ1) is 14.0. The van der Waals surface area contributed by atoms with Crippen LogP contribution in [0.5, 0.6) is 0 Å². The molecule has 0 heterocycles. The third-order valence-electron chi connectivity index (χ3n) is 2.68. The number of rotatable bonds is 5. The van der Waals surface area contributed by atoms with Gasteiger partial charge in [0, 0.05) is 11.5 Å². The highest BCUT2D eigenvalue weighted by molar-refractivity contribution is 5.96. The van der Waals surface area contributed by atoms with Gasteiger partial charge in [0.2, 0.25) is 0 Å². The molecule has 0 aliphatic heterocycles. The zero-order valence-corrected chi connectivity index (χ0v) is 10.6. The SMILES string of the molecule is C=C[C@H](C)[C@@H](NC(=O)c1ccccc1)C(=O)OC. The summed E-state index contributed by atoms with van der Waals surface area (Å²) in [5, 5.41) is 2.65. The van der Waals surface area contributed by atoms with Crippen LogP contribution in [-0.4, -0.2) is 25.0 Å². The zero-order valence-electron chi connectivity index (χ0n) is 10.6. The van der Waals surface area contributed by atoms with E-state index >= 15 is 0 Å². The highest BCUT2D eigenvalue weighted by Crippen LogP contribution is 2.08. The number of esters is 1. The number of methoxy groups -OCH3 is 1. The lowest BCUT2D eigenvalue weighted by Gasteiger charge is -2.20. The molecule has 1 aromatic rings. The maximum Gasteiger partial charge on any atom is 0.328 e. The van der Waals surface area contributed by atoms with Crippen LogP contribution in [0.25, 0.3) is 0 Å². The quantitative estimate of drug-likeness (QED) is 0.637. The van der Waals surface area contributed by atoms with E-state index in [1.807, 2.05) is 6.07 Å². The van der Waals surface area contributed by atoms with Crippen LogP contribution in [0, 0.1) is 5.92 Å². The van der Waals surface area contributed by atoms with E-state index in [4.69, 9.17) is 0 Å². The Hall–Kier alpha value is -2.10. The molecule has 18 heavy (non-hydrogen) atoms. The van der Waals surface area contributed by atoms with Crippen LogP contribution in [0.3, 0.4) is 0 Å². The van der Waals surface area contributed by atoms with Crippen LogP contribution in [0.2, 0.25) is 0 Å². The van der Waals surface area contributed by atoms with E-state index in [1.54, 1.807) is 37.3 Å². The Labute approximate surface area is 107 Å². The Kier molecular flexibility index (Phi) is 5.11. The molecule has 0 unspecified atom stereocenters. The van der Waals surface area contributed by atoms with E-state index in [9.17, 15) is 9.59 Å². The molecule has 1 rings (SSSR count). The minimum atomic E-state index is -0.722. The van der Waals surface area contributed by atoms with Gasteiger partial charge in [-0.15, -0.1) is 6.58 Å². The van der Waals surface area contributed by atoms with E-state index in [2.05, 4.69) is 16.6 Å². The molecule has 4 nitrogen and oxygen atoms in total. The number of hydrogen-bond acceptors (Lipinski definition) is 3. The van der Waals surface area contributed by atoms with Crippen molar-refractivity contribution in [3.05, 3.63) is 48.6 Å². The van der Waals surface area contributed by atoms with Crippen LogP contribution in [0.4, 0.5) is 0 Å². The molecule has 1 N–H and O–H groups in total. The predicted octanol–water partition coefficient (Wildman–Crippen LogP) is 1.78. The number of carbonyl (C=O) groups is 2. The molecule has 0 fully saturated rings. The fourth-order valence-corrected chi connectivity index (χ4v) is 1.48. The fourth-order valence-electron chi connectivity index (χ4n) is 1.48. The Morgan fingerprint density at radius 1 is 1.33 bits per heavy atom. The van der Waals surface area contributed by atoms with Gasteiger partial charge in [0.15, 0.2) is 0 Å². The maximum absolute atomic E-state index is 11.9. The van der Waals surface area contributed by atoms with E-state index in [1.165, 1.54) is 7.11 Å². The van der Waals surface area contributed by atoms with E-state index in [0.29, 0.717) is 5.56 Å². The molecule has 0 aliphatic carbocycles. The predicted molar refractivity (Wildman–Crippen MR) is 69.1 cm³/mol. The second-order valence-electron chi connectivity index (χ2n) is 3.94. The van der Waals surface area contributed by atoms with Crippen molar-refractivity contribution in [1.82, 2.24) is 5.32 Å². The molecule has 96 valence electrons. The Morgan fingerprint density at radius 3 is 2.44 bits per heavy atom. The molecule has 0 radical (unpaired) electrons. The first-order valence-electron chi connectivity index (χ1n) is 5.66. The van der Waals surface area contributed by atoms with Crippen molar-refractivity contribution in [1.29, 1.82) is 0 Å². The van der Waals surface area contributed by atoms with Crippen molar-refractivity contribution in [2.45, 2.75) is 13.0 Å². The molecule has 1 aromatic carbocycles. The standard InChI is InChI=1S/C14H17NO3/c1-4-10(2)12(14(17)18-3)15-13(16)11-8-6-5-7-9-11/h4-10,12H,1H2,2-3H3,(H,15,16)/t10-,12+/m0/s1. The molecule has 1 amide bonds. The highest BCUT2D eigenvalue weighted by Gasteiger charge is 2.26. The third kappa shape index (κ3) is 3.45. The summed E-state index contributed by atoms with van der Waals surface area (Å²) in [5.74, 6) is -0.989. The number of ether oxygens (including phenoxy) is 1. The summed E-state index contributed by atoms with van der Waals surface area (Å²) in [6, 6.07) is 7.99. The van der Waals surface area contributed by atoms with Crippen molar-refractivity contribution < 1.29 is 14.3 Å². The summed E-state index contributed by atoms with van der Waals surface area (Å²) < 4.78 is 4.67. The molecule has 4 heteroatoms. The van der Waals surface area contributed by atoms with Crippen molar-refractivity contribution >= 4 is 11.9 Å². The summed E-state index contributed by atoms with van der Waals surface area (Å²) in [7, 11) is 1.29. The first-order chi connectivity index (χ1) is 8.60. The minimum Gasteiger partial charge on any atom is -0.467 e. The van der Waals surface area contributed by atoms with Gasteiger partial charge in [-0.05, 0) is 12.1 Å². The summed E-state index contributed by atoms with van der Waals surface area (Å²) in [5.41, 5.74) is 0.502. The average Bonchev–Trinajstić information content (AvgIpc) is 2.43. The summed E-state index contributed by atoms with van der Waals surface area (Å²) in [6.07, 6.45) is 1.60. The van der Waals surface area contributed by atoms with Gasteiger partial charge in [-0.2, -0.15) is 0 Å². The fraction of sp³-hybridized carbons (Fsp3) is 0.286. The molecule has 0 aliphatic rings. The molecular weight excluding hydrogens is 230 g/mol. The Morgan fingerprint density at radius 2 is 1.94 bits per heavy atom. The number of nitrogens with one attached hydrogen (secondary N) is 1. The van der Waals surface area contributed by atoms with Gasteiger partial charge in [0.25, 0.3) is 5.91 Å². The maximum atomic E-state index is 11.9. The van der Waals surface area contributed by atoms with Crippen LogP contribution >= 0.6 is 0 Å². The average molecular weight is 247 g/mol. The van der Waals surface area contributed by atoms with Gasteiger partial charge >= 0.3 is 5.97 Å². The normalized spacial score (nSPS) is 13.2. The monoisotopic (exact) mass is 247 g/mol. The van der Waals surface area contributed by atoms with Crippen LogP contribution in [0.1, 0.15) is 17.3 Å². The second kappa shape index (κ2) is 6.59. The van der Waals surface area contributed by atoms with Gasteiger partial charge in [-0.1, -0.05) is 31.2 Å².